The molecule has 1 aromatic rings. The first-order valence-electron chi connectivity index (χ1n) is 5.37. The molecule has 0 saturated heterocycles. The standard InChI is InChI=1S/C11H15F3N2O2/c1-5(2)8(15)10(17)16-7-4-6(3)18-9(7)11(12,13)14/h4-5,8H,15H2,1-3H3,(H,16,17). The Hall–Kier alpha value is -1.50. The van der Waals surface area contributed by atoms with Crippen LogP contribution in [0.15, 0.2) is 10.5 Å². The Bertz CT molecular complexity index is 438. The van der Waals surface area contributed by atoms with Crippen LogP contribution in [0.25, 0.3) is 0 Å². The first-order chi connectivity index (χ1) is 8.12. The van der Waals surface area contributed by atoms with Crippen molar-refractivity contribution in [2.24, 2.45) is 11.7 Å². The molecular weight excluding hydrogens is 249 g/mol. The van der Waals surface area contributed by atoms with Crippen LogP contribution in [0, 0.1) is 12.8 Å². The topological polar surface area (TPSA) is 68.3 Å². The molecule has 0 aromatic carbocycles. The maximum absolute atomic E-state index is 12.6. The van der Waals surface area contributed by atoms with Crippen LogP contribution in [0.3, 0.4) is 0 Å². The SMILES string of the molecule is Cc1cc(NC(=O)C(N)C(C)C)c(C(F)(F)F)o1. The highest BCUT2D eigenvalue weighted by Gasteiger charge is 2.39. The molecule has 18 heavy (non-hydrogen) atoms. The first-order valence-corrected chi connectivity index (χ1v) is 5.37. The molecule has 0 bridgehead atoms. The quantitative estimate of drug-likeness (QED) is 0.881. The van der Waals surface area contributed by atoms with Gasteiger partial charge in [-0.05, 0) is 12.8 Å². The molecule has 7 heteroatoms. The van der Waals surface area contributed by atoms with E-state index in [9.17, 15) is 18.0 Å². The van der Waals surface area contributed by atoms with E-state index >= 15 is 0 Å². The van der Waals surface area contributed by atoms with Crippen molar-refractivity contribution in [2.45, 2.75) is 33.0 Å². The molecule has 1 aromatic heterocycles. The zero-order chi connectivity index (χ0) is 14.1. The monoisotopic (exact) mass is 264 g/mol. The van der Waals surface area contributed by atoms with Gasteiger partial charge >= 0.3 is 6.18 Å². The molecule has 0 aliphatic rings. The molecule has 102 valence electrons. The summed E-state index contributed by atoms with van der Waals surface area (Å²) in [5.41, 5.74) is 5.15. The third-order valence-corrected chi connectivity index (χ3v) is 2.39. The molecule has 4 nitrogen and oxygen atoms in total. The molecule has 0 aliphatic carbocycles. The van der Waals surface area contributed by atoms with Crippen LogP contribution in [-0.4, -0.2) is 11.9 Å². The maximum Gasteiger partial charge on any atom is 0.451 e. The number of alkyl halides is 3. The summed E-state index contributed by atoms with van der Waals surface area (Å²) in [4.78, 5) is 11.6. The zero-order valence-electron chi connectivity index (χ0n) is 10.3. The predicted octanol–water partition coefficient (Wildman–Crippen LogP) is 2.53. The van der Waals surface area contributed by atoms with Crippen molar-refractivity contribution in [3.05, 3.63) is 17.6 Å². The van der Waals surface area contributed by atoms with Crippen LogP contribution in [-0.2, 0) is 11.0 Å². The van der Waals surface area contributed by atoms with Gasteiger partial charge in [0.1, 0.15) is 5.76 Å². The number of nitrogens with two attached hydrogens (primary N) is 1. The normalized spacial score (nSPS) is 13.8. The number of nitrogens with one attached hydrogen (secondary N) is 1. The van der Waals surface area contributed by atoms with E-state index in [1.54, 1.807) is 13.8 Å². The van der Waals surface area contributed by atoms with Gasteiger partial charge in [0.15, 0.2) is 0 Å². The van der Waals surface area contributed by atoms with E-state index in [0.717, 1.165) is 6.07 Å². The molecule has 0 aliphatic heterocycles. The lowest BCUT2D eigenvalue weighted by molar-refractivity contribution is -0.152. The van der Waals surface area contributed by atoms with Crippen LogP contribution in [0.4, 0.5) is 18.9 Å². The van der Waals surface area contributed by atoms with Gasteiger partial charge in [-0.2, -0.15) is 13.2 Å². The molecule has 0 saturated carbocycles. The van der Waals surface area contributed by atoms with Crippen molar-refractivity contribution >= 4 is 11.6 Å². The second kappa shape index (κ2) is 5.01. The highest BCUT2D eigenvalue weighted by atomic mass is 19.4. The van der Waals surface area contributed by atoms with Crippen molar-refractivity contribution in [1.82, 2.24) is 0 Å². The van der Waals surface area contributed by atoms with Crippen molar-refractivity contribution < 1.29 is 22.4 Å². The second-order valence-corrected chi connectivity index (χ2v) is 4.36. The lowest BCUT2D eigenvalue weighted by Crippen LogP contribution is -2.40. The van der Waals surface area contributed by atoms with E-state index in [4.69, 9.17) is 5.73 Å². The van der Waals surface area contributed by atoms with Gasteiger partial charge in [-0.25, -0.2) is 0 Å². The zero-order valence-corrected chi connectivity index (χ0v) is 10.3. The van der Waals surface area contributed by atoms with Crippen LogP contribution >= 0.6 is 0 Å². The molecule has 1 heterocycles. The summed E-state index contributed by atoms with van der Waals surface area (Å²) in [5.74, 6) is -2.00. The number of carbonyl (C=O) groups is 1. The predicted molar refractivity (Wildman–Crippen MR) is 59.9 cm³/mol. The van der Waals surface area contributed by atoms with Crippen LogP contribution < -0.4 is 11.1 Å². The highest BCUT2D eigenvalue weighted by Crippen LogP contribution is 2.37. The highest BCUT2D eigenvalue weighted by molar-refractivity contribution is 5.95. The lowest BCUT2D eigenvalue weighted by Gasteiger charge is -2.15. The second-order valence-electron chi connectivity index (χ2n) is 4.36. The maximum atomic E-state index is 12.6. The van der Waals surface area contributed by atoms with E-state index < -0.39 is 29.6 Å². The van der Waals surface area contributed by atoms with Gasteiger partial charge < -0.3 is 15.5 Å². The van der Waals surface area contributed by atoms with Crippen LogP contribution in [0.5, 0.6) is 0 Å². The minimum Gasteiger partial charge on any atom is -0.455 e. The van der Waals surface area contributed by atoms with Crippen molar-refractivity contribution in [1.29, 1.82) is 0 Å². The summed E-state index contributed by atoms with van der Waals surface area (Å²) >= 11 is 0. The number of hydrogen-bond donors (Lipinski definition) is 2. The fourth-order valence-electron chi connectivity index (χ4n) is 1.34. The number of halogens is 3. The Morgan fingerprint density at radius 3 is 2.44 bits per heavy atom. The lowest BCUT2D eigenvalue weighted by atomic mass is 10.0. The van der Waals surface area contributed by atoms with Crippen LogP contribution in [0.1, 0.15) is 25.4 Å². The number of amides is 1. The van der Waals surface area contributed by atoms with Gasteiger partial charge in [0, 0.05) is 6.07 Å². The molecule has 0 fully saturated rings. The number of furan rings is 1. The summed E-state index contributed by atoms with van der Waals surface area (Å²) in [5, 5.41) is 2.14. The number of carbonyl (C=O) groups excluding carboxylic acids is 1. The fraction of sp³-hybridized carbons (Fsp3) is 0.545. The Kier molecular flexibility index (Phi) is 4.05. The molecular formula is C11H15F3N2O2. The molecule has 3 N–H and O–H groups in total. The van der Waals surface area contributed by atoms with E-state index in [1.165, 1.54) is 6.92 Å². The number of anilines is 1. The summed E-state index contributed by atoms with van der Waals surface area (Å²) in [6.45, 7) is 4.78. The Morgan fingerprint density at radius 2 is 2.00 bits per heavy atom. The largest absolute Gasteiger partial charge is 0.455 e. The van der Waals surface area contributed by atoms with Crippen molar-refractivity contribution in [3.8, 4) is 0 Å². The fourth-order valence-corrected chi connectivity index (χ4v) is 1.34. The van der Waals surface area contributed by atoms with E-state index in [-0.39, 0.29) is 11.7 Å². The van der Waals surface area contributed by atoms with E-state index in [0.29, 0.717) is 0 Å². The third-order valence-electron chi connectivity index (χ3n) is 2.39. The smallest absolute Gasteiger partial charge is 0.451 e. The molecule has 1 atom stereocenters. The van der Waals surface area contributed by atoms with E-state index in [1.807, 2.05) is 0 Å². The Morgan fingerprint density at radius 1 is 1.44 bits per heavy atom. The first kappa shape index (κ1) is 14.6. The van der Waals surface area contributed by atoms with Gasteiger partial charge in [0.2, 0.25) is 11.7 Å². The van der Waals surface area contributed by atoms with Gasteiger partial charge in [0.05, 0.1) is 11.7 Å². The minimum atomic E-state index is -4.65. The number of hydrogen-bond acceptors (Lipinski definition) is 3. The average molecular weight is 264 g/mol. The minimum absolute atomic E-state index is 0.0655. The van der Waals surface area contributed by atoms with Gasteiger partial charge in [-0.15, -0.1) is 0 Å². The Balaban J connectivity index is 2.95. The number of rotatable bonds is 3. The molecule has 1 rings (SSSR count). The molecule has 0 spiro atoms. The van der Waals surface area contributed by atoms with E-state index in [2.05, 4.69) is 9.73 Å². The van der Waals surface area contributed by atoms with Gasteiger partial charge in [-0.1, -0.05) is 13.8 Å². The summed E-state index contributed by atoms with van der Waals surface area (Å²) in [6.07, 6.45) is -4.65. The van der Waals surface area contributed by atoms with Crippen LogP contribution in [0.2, 0.25) is 0 Å². The summed E-state index contributed by atoms with van der Waals surface area (Å²) in [7, 11) is 0. The van der Waals surface area contributed by atoms with Crippen molar-refractivity contribution in [2.75, 3.05) is 5.32 Å². The molecule has 1 unspecified atom stereocenters. The van der Waals surface area contributed by atoms with Gasteiger partial charge in [0.25, 0.3) is 0 Å². The Labute approximate surface area is 102 Å². The molecule has 1 amide bonds. The van der Waals surface area contributed by atoms with Gasteiger partial charge in [-0.3, -0.25) is 4.79 Å². The molecule has 0 radical (unpaired) electrons. The summed E-state index contributed by atoms with van der Waals surface area (Å²) < 4.78 is 42.3. The summed E-state index contributed by atoms with van der Waals surface area (Å²) in [6, 6.07) is 0.245. The third kappa shape index (κ3) is 3.25. The van der Waals surface area contributed by atoms with Crippen molar-refractivity contribution in [3.63, 3.8) is 0 Å². The average Bonchev–Trinajstić information content (AvgIpc) is 2.57. The number of aryl methyl sites for hydroxylation is 1.